The first-order valence-electron chi connectivity index (χ1n) is 4.98. The van der Waals surface area contributed by atoms with Gasteiger partial charge in [0.15, 0.2) is 0 Å². The van der Waals surface area contributed by atoms with Gasteiger partial charge in [-0.05, 0) is 54.1 Å². The lowest BCUT2D eigenvalue weighted by atomic mass is 10.2. The Hall–Kier alpha value is -0.330. The van der Waals surface area contributed by atoms with Gasteiger partial charge in [-0.1, -0.05) is 12.1 Å². The summed E-state index contributed by atoms with van der Waals surface area (Å²) < 4.78 is 0.978. The Bertz CT molecular complexity index is 334. The van der Waals surface area contributed by atoms with Gasteiger partial charge in [-0.15, -0.1) is 12.4 Å². The maximum absolute atomic E-state index is 11.7. The van der Waals surface area contributed by atoms with Crippen LogP contribution in [0, 0.1) is 3.57 Å². The van der Waals surface area contributed by atoms with Crippen LogP contribution in [0.1, 0.15) is 23.2 Å². The van der Waals surface area contributed by atoms with Crippen LogP contribution in [0.2, 0.25) is 0 Å². The number of nitrogens with two attached hydrogens (primary N) is 1. The monoisotopic (exact) mass is 354 g/mol. The summed E-state index contributed by atoms with van der Waals surface area (Å²) in [6.07, 6.45) is 1.89. The summed E-state index contributed by atoms with van der Waals surface area (Å²) in [4.78, 5) is 11.7. The summed E-state index contributed by atoms with van der Waals surface area (Å²) in [7, 11) is 0. The van der Waals surface area contributed by atoms with E-state index in [-0.39, 0.29) is 18.3 Å². The molecule has 1 aromatic carbocycles. The molecule has 0 heterocycles. The molecule has 0 bridgehead atoms. The number of nitrogens with one attached hydrogen (secondary N) is 1. The fourth-order valence-electron chi connectivity index (χ4n) is 1.21. The second kappa shape index (κ2) is 8.78. The molecule has 3 nitrogen and oxygen atoms in total. The van der Waals surface area contributed by atoms with Gasteiger partial charge in [-0.2, -0.15) is 0 Å². The minimum absolute atomic E-state index is 0. The third kappa shape index (κ3) is 5.14. The molecule has 0 aliphatic heterocycles. The Kier molecular flexibility index (Phi) is 8.60. The first-order chi connectivity index (χ1) is 7.25. The number of unbranched alkanes of at least 4 members (excludes halogenated alkanes) is 1. The molecule has 0 aliphatic carbocycles. The molecular formula is C11H16ClIN2O. The molecule has 90 valence electrons. The van der Waals surface area contributed by atoms with Crippen LogP contribution in [0.15, 0.2) is 24.3 Å². The minimum Gasteiger partial charge on any atom is -0.352 e. The second-order valence-corrected chi connectivity index (χ2v) is 4.39. The van der Waals surface area contributed by atoms with Gasteiger partial charge < -0.3 is 11.1 Å². The normalized spacial score (nSPS) is 9.38. The van der Waals surface area contributed by atoms with E-state index in [1.807, 2.05) is 24.3 Å². The van der Waals surface area contributed by atoms with Crippen molar-refractivity contribution in [1.82, 2.24) is 5.32 Å². The molecule has 0 saturated carbocycles. The Labute approximate surface area is 116 Å². The highest BCUT2D eigenvalue weighted by Crippen LogP contribution is 2.10. The highest BCUT2D eigenvalue weighted by Gasteiger charge is 2.07. The molecule has 1 rings (SSSR count). The number of rotatable bonds is 5. The number of benzene rings is 1. The van der Waals surface area contributed by atoms with Crippen molar-refractivity contribution in [1.29, 1.82) is 0 Å². The van der Waals surface area contributed by atoms with Crippen LogP contribution in [0.3, 0.4) is 0 Å². The third-order valence-corrected chi connectivity index (χ3v) is 2.98. The predicted molar refractivity (Wildman–Crippen MR) is 77.0 cm³/mol. The van der Waals surface area contributed by atoms with Crippen molar-refractivity contribution in [3.05, 3.63) is 33.4 Å². The van der Waals surface area contributed by atoms with Crippen LogP contribution in [-0.4, -0.2) is 19.0 Å². The molecule has 0 saturated heterocycles. The zero-order valence-electron chi connectivity index (χ0n) is 8.91. The molecule has 0 atom stereocenters. The Morgan fingerprint density at radius 1 is 1.31 bits per heavy atom. The van der Waals surface area contributed by atoms with E-state index in [2.05, 4.69) is 27.9 Å². The summed E-state index contributed by atoms with van der Waals surface area (Å²) in [5.41, 5.74) is 6.11. The van der Waals surface area contributed by atoms with Crippen molar-refractivity contribution < 1.29 is 4.79 Å². The molecule has 0 radical (unpaired) electrons. The first-order valence-corrected chi connectivity index (χ1v) is 6.06. The van der Waals surface area contributed by atoms with E-state index in [1.54, 1.807) is 0 Å². The maximum Gasteiger partial charge on any atom is 0.252 e. The molecular weight excluding hydrogens is 338 g/mol. The average Bonchev–Trinajstić information content (AvgIpc) is 2.25. The molecule has 0 fully saturated rings. The standard InChI is InChI=1S/C11H15IN2O.ClH/c12-10-6-2-1-5-9(10)11(15)14-8-4-3-7-13;/h1-2,5-6H,3-4,7-8,13H2,(H,14,15);1H. The Morgan fingerprint density at radius 3 is 2.62 bits per heavy atom. The number of hydrogen-bond donors (Lipinski definition) is 2. The zero-order valence-corrected chi connectivity index (χ0v) is 11.9. The fourth-order valence-corrected chi connectivity index (χ4v) is 1.84. The van der Waals surface area contributed by atoms with Crippen LogP contribution in [0.25, 0.3) is 0 Å². The van der Waals surface area contributed by atoms with Gasteiger partial charge in [-0.3, -0.25) is 4.79 Å². The molecule has 5 heteroatoms. The lowest BCUT2D eigenvalue weighted by molar-refractivity contribution is 0.0952. The molecule has 3 N–H and O–H groups in total. The average molecular weight is 355 g/mol. The predicted octanol–water partition coefficient (Wildman–Crippen LogP) is 2.18. The summed E-state index contributed by atoms with van der Waals surface area (Å²) >= 11 is 2.16. The summed E-state index contributed by atoms with van der Waals surface area (Å²) in [5.74, 6) is -0.00276. The highest BCUT2D eigenvalue weighted by atomic mass is 127. The van der Waals surface area contributed by atoms with Gasteiger partial charge in [-0.25, -0.2) is 0 Å². The molecule has 0 aliphatic rings. The van der Waals surface area contributed by atoms with Crippen molar-refractivity contribution in [3.63, 3.8) is 0 Å². The van der Waals surface area contributed by atoms with E-state index in [4.69, 9.17) is 5.73 Å². The SMILES string of the molecule is Cl.NCCCCNC(=O)c1ccccc1I. The topological polar surface area (TPSA) is 55.1 Å². The van der Waals surface area contributed by atoms with Crippen molar-refractivity contribution in [3.8, 4) is 0 Å². The molecule has 1 amide bonds. The van der Waals surface area contributed by atoms with Crippen molar-refractivity contribution in [2.75, 3.05) is 13.1 Å². The lowest BCUT2D eigenvalue weighted by Crippen LogP contribution is -2.25. The van der Waals surface area contributed by atoms with Gasteiger partial charge in [0.1, 0.15) is 0 Å². The van der Waals surface area contributed by atoms with Crippen LogP contribution in [0.5, 0.6) is 0 Å². The molecule has 16 heavy (non-hydrogen) atoms. The second-order valence-electron chi connectivity index (χ2n) is 3.23. The summed E-state index contributed by atoms with van der Waals surface area (Å²) in [5, 5.41) is 2.88. The quantitative estimate of drug-likeness (QED) is 0.629. The van der Waals surface area contributed by atoms with Crippen molar-refractivity contribution in [2.24, 2.45) is 5.73 Å². The van der Waals surface area contributed by atoms with E-state index in [0.717, 1.165) is 22.0 Å². The number of amides is 1. The van der Waals surface area contributed by atoms with E-state index >= 15 is 0 Å². The van der Waals surface area contributed by atoms with Crippen LogP contribution < -0.4 is 11.1 Å². The minimum atomic E-state index is -0.00276. The fraction of sp³-hybridized carbons (Fsp3) is 0.364. The molecule has 0 aromatic heterocycles. The van der Waals surface area contributed by atoms with E-state index < -0.39 is 0 Å². The van der Waals surface area contributed by atoms with Crippen LogP contribution in [0.4, 0.5) is 0 Å². The third-order valence-electron chi connectivity index (χ3n) is 2.03. The number of halogens is 2. The molecule has 0 unspecified atom stereocenters. The van der Waals surface area contributed by atoms with Gasteiger partial charge >= 0.3 is 0 Å². The zero-order chi connectivity index (χ0) is 11.1. The van der Waals surface area contributed by atoms with Gasteiger partial charge in [0, 0.05) is 10.1 Å². The van der Waals surface area contributed by atoms with Crippen LogP contribution in [-0.2, 0) is 0 Å². The van der Waals surface area contributed by atoms with Gasteiger partial charge in [0.25, 0.3) is 5.91 Å². The Morgan fingerprint density at radius 2 is 2.00 bits per heavy atom. The highest BCUT2D eigenvalue weighted by molar-refractivity contribution is 14.1. The van der Waals surface area contributed by atoms with E-state index in [0.29, 0.717) is 13.1 Å². The number of hydrogen-bond acceptors (Lipinski definition) is 2. The van der Waals surface area contributed by atoms with Crippen LogP contribution >= 0.6 is 35.0 Å². The summed E-state index contributed by atoms with van der Waals surface area (Å²) in [6.45, 7) is 1.37. The van der Waals surface area contributed by atoms with E-state index in [9.17, 15) is 4.79 Å². The van der Waals surface area contributed by atoms with Gasteiger partial charge in [0.2, 0.25) is 0 Å². The number of carbonyl (C=O) groups is 1. The first kappa shape index (κ1) is 15.7. The smallest absolute Gasteiger partial charge is 0.252 e. The van der Waals surface area contributed by atoms with Crippen molar-refractivity contribution >= 4 is 40.9 Å². The number of carbonyl (C=O) groups excluding carboxylic acids is 1. The summed E-state index contributed by atoms with van der Waals surface area (Å²) in [6, 6.07) is 7.55. The van der Waals surface area contributed by atoms with Gasteiger partial charge in [0.05, 0.1) is 5.56 Å². The molecule has 0 spiro atoms. The maximum atomic E-state index is 11.7. The lowest BCUT2D eigenvalue weighted by Gasteiger charge is -2.05. The largest absolute Gasteiger partial charge is 0.352 e. The Balaban J connectivity index is 0.00000225. The van der Waals surface area contributed by atoms with E-state index in [1.165, 1.54) is 0 Å². The molecule has 1 aromatic rings. The van der Waals surface area contributed by atoms with Crippen molar-refractivity contribution in [2.45, 2.75) is 12.8 Å².